The summed E-state index contributed by atoms with van der Waals surface area (Å²) in [6.07, 6.45) is -0.216. The topological polar surface area (TPSA) is 75.6 Å². The molecule has 1 unspecified atom stereocenters. The molecular formula is C21H19NO4. The predicted molar refractivity (Wildman–Crippen MR) is 99.4 cm³/mol. The summed E-state index contributed by atoms with van der Waals surface area (Å²) in [5.74, 6) is -0.695. The van der Waals surface area contributed by atoms with Crippen molar-refractivity contribution in [3.05, 3.63) is 77.9 Å². The fraction of sp³-hybridized carbons (Fsp3) is 0.143. The smallest absolute Gasteiger partial charge is 0.305 e. The number of methoxy groups -OCH3 is 1. The zero-order valence-electron chi connectivity index (χ0n) is 14.3. The lowest BCUT2D eigenvalue weighted by atomic mass is 10.0. The number of aliphatic carboxylic acids is 1. The second-order valence-electron chi connectivity index (χ2n) is 5.96. The van der Waals surface area contributed by atoms with Crippen LogP contribution in [0.25, 0.3) is 10.8 Å². The molecule has 0 radical (unpaired) electrons. The van der Waals surface area contributed by atoms with Crippen LogP contribution in [0.4, 0.5) is 0 Å². The molecular weight excluding hydrogens is 330 g/mol. The van der Waals surface area contributed by atoms with E-state index in [-0.39, 0.29) is 12.3 Å². The van der Waals surface area contributed by atoms with E-state index in [1.54, 1.807) is 43.5 Å². The highest BCUT2D eigenvalue weighted by Gasteiger charge is 2.19. The summed E-state index contributed by atoms with van der Waals surface area (Å²) in [5.41, 5.74) is 1.17. The lowest BCUT2D eigenvalue weighted by Gasteiger charge is -2.18. The minimum absolute atomic E-state index is 0.216. The van der Waals surface area contributed by atoms with Crippen LogP contribution in [0.2, 0.25) is 0 Å². The number of amides is 1. The number of carboxylic acids is 1. The van der Waals surface area contributed by atoms with Crippen molar-refractivity contribution in [3.8, 4) is 5.75 Å². The zero-order valence-corrected chi connectivity index (χ0v) is 14.3. The highest BCUT2D eigenvalue weighted by atomic mass is 16.5. The predicted octanol–water partition coefficient (Wildman–Crippen LogP) is 3.79. The molecule has 0 spiro atoms. The molecule has 0 heterocycles. The summed E-state index contributed by atoms with van der Waals surface area (Å²) in [5, 5.41) is 14.0. The van der Waals surface area contributed by atoms with E-state index in [4.69, 9.17) is 4.74 Å². The zero-order chi connectivity index (χ0) is 18.5. The van der Waals surface area contributed by atoms with Gasteiger partial charge >= 0.3 is 5.97 Å². The van der Waals surface area contributed by atoms with Gasteiger partial charge < -0.3 is 15.2 Å². The Morgan fingerprint density at radius 3 is 2.50 bits per heavy atom. The standard InChI is InChI=1S/C21H19NO4/c1-26-18-8-4-7-16(12-18)19(13-20(23)24)22-21(25)17-10-9-14-5-2-3-6-15(14)11-17/h2-12,19H,13H2,1H3,(H,22,25)(H,23,24). The first kappa shape index (κ1) is 17.5. The second kappa shape index (κ2) is 7.70. The molecule has 0 saturated heterocycles. The molecule has 5 heteroatoms. The third-order valence-electron chi connectivity index (χ3n) is 4.19. The third-order valence-corrected chi connectivity index (χ3v) is 4.19. The number of ether oxygens (including phenoxy) is 1. The van der Waals surface area contributed by atoms with Crippen molar-refractivity contribution < 1.29 is 19.4 Å². The highest BCUT2D eigenvalue weighted by molar-refractivity contribution is 5.98. The van der Waals surface area contributed by atoms with E-state index >= 15 is 0 Å². The van der Waals surface area contributed by atoms with E-state index in [1.807, 2.05) is 30.3 Å². The number of fused-ring (bicyclic) bond motifs is 1. The fourth-order valence-electron chi connectivity index (χ4n) is 2.86. The lowest BCUT2D eigenvalue weighted by molar-refractivity contribution is -0.137. The van der Waals surface area contributed by atoms with Gasteiger partial charge in [-0.1, -0.05) is 42.5 Å². The van der Waals surface area contributed by atoms with Crippen LogP contribution >= 0.6 is 0 Å². The first-order chi connectivity index (χ1) is 12.6. The van der Waals surface area contributed by atoms with Gasteiger partial charge in [-0.2, -0.15) is 0 Å². The molecule has 0 saturated carbocycles. The maximum Gasteiger partial charge on any atom is 0.305 e. The minimum atomic E-state index is -0.989. The summed E-state index contributed by atoms with van der Waals surface area (Å²) < 4.78 is 5.19. The molecule has 2 N–H and O–H groups in total. The van der Waals surface area contributed by atoms with Crippen LogP contribution in [0.15, 0.2) is 66.7 Å². The van der Waals surface area contributed by atoms with Crippen LogP contribution in [-0.4, -0.2) is 24.1 Å². The molecule has 1 atom stereocenters. The van der Waals surface area contributed by atoms with Gasteiger partial charge in [0.1, 0.15) is 5.75 Å². The number of carboxylic acid groups (broad SMARTS) is 1. The maximum absolute atomic E-state index is 12.7. The van der Waals surface area contributed by atoms with Gasteiger partial charge in [-0.15, -0.1) is 0 Å². The number of carbonyl (C=O) groups is 2. The Morgan fingerprint density at radius 2 is 1.77 bits per heavy atom. The molecule has 1 amide bonds. The SMILES string of the molecule is COc1cccc(C(CC(=O)O)NC(=O)c2ccc3ccccc3c2)c1. The third kappa shape index (κ3) is 4.00. The van der Waals surface area contributed by atoms with Crippen molar-refractivity contribution in [2.24, 2.45) is 0 Å². The van der Waals surface area contributed by atoms with Crippen LogP contribution in [0, 0.1) is 0 Å². The Bertz CT molecular complexity index is 951. The van der Waals surface area contributed by atoms with Crippen molar-refractivity contribution in [1.29, 1.82) is 0 Å². The van der Waals surface area contributed by atoms with Crippen molar-refractivity contribution >= 4 is 22.6 Å². The largest absolute Gasteiger partial charge is 0.497 e. The minimum Gasteiger partial charge on any atom is -0.497 e. The second-order valence-corrected chi connectivity index (χ2v) is 5.96. The molecule has 3 rings (SSSR count). The molecule has 3 aromatic carbocycles. The van der Waals surface area contributed by atoms with Gasteiger partial charge in [0.2, 0.25) is 0 Å². The molecule has 0 bridgehead atoms. The van der Waals surface area contributed by atoms with Gasteiger partial charge in [-0.25, -0.2) is 0 Å². The first-order valence-electron chi connectivity index (χ1n) is 8.22. The van der Waals surface area contributed by atoms with Crippen LogP contribution in [0.3, 0.4) is 0 Å². The van der Waals surface area contributed by atoms with Crippen LogP contribution < -0.4 is 10.1 Å². The van der Waals surface area contributed by atoms with E-state index in [2.05, 4.69) is 5.32 Å². The molecule has 0 aliphatic heterocycles. The fourth-order valence-corrected chi connectivity index (χ4v) is 2.86. The Balaban J connectivity index is 1.87. The van der Waals surface area contributed by atoms with Crippen LogP contribution in [0.1, 0.15) is 28.4 Å². The Labute approximate surface area is 151 Å². The summed E-state index contributed by atoms with van der Waals surface area (Å²) in [4.78, 5) is 23.9. The van der Waals surface area contributed by atoms with Crippen LogP contribution in [-0.2, 0) is 4.79 Å². The summed E-state index contributed by atoms with van der Waals surface area (Å²) in [6, 6.07) is 19.6. The van der Waals surface area contributed by atoms with Gasteiger partial charge in [-0.05, 0) is 40.6 Å². The van der Waals surface area contributed by atoms with Crippen molar-refractivity contribution in [1.82, 2.24) is 5.32 Å². The van der Waals surface area contributed by atoms with Crippen molar-refractivity contribution in [2.45, 2.75) is 12.5 Å². The molecule has 0 fully saturated rings. The van der Waals surface area contributed by atoms with Gasteiger partial charge in [0.05, 0.1) is 19.6 Å². The molecule has 0 aliphatic rings. The number of hydrogen-bond acceptors (Lipinski definition) is 3. The van der Waals surface area contributed by atoms with E-state index in [9.17, 15) is 14.7 Å². The van der Waals surface area contributed by atoms with Gasteiger partial charge in [0.25, 0.3) is 5.91 Å². The van der Waals surface area contributed by atoms with E-state index in [0.717, 1.165) is 10.8 Å². The van der Waals surface area contributed by atoms with E-state index < -0.39 is 12.0 Å². The summed E-state index contributed by atoms with van der Waals surface area (Å²) in [6.45, 7) is 0. The Morgan fingerprint density at radius 1 is 1.00 bits per heavy atom. The summed E-state index contributed by atoms with van der Waals surface area (Å²) in [7, 11) is 1.54. The number of benzene rings is 3. The average Bonchev–Trinajstić information content (AvgIpc) is 2.66. The highest BCUT2D eigenvalue weighted by Crippen LogP contribution is 2.23. The lowest BCUT2D eigenvalue weighted by Crippen LogP contribution is -2.30. The Kier molecular flexibility index (Phi) is 5.17. The molecule has 5 nitrogen and oxygen atoms in total. The summed E-state index contributed by atoms with van der Waals surface area (Å²) >= 11 is 0. The average molecular weight is 349 g/mol. The Hall–Kier alpha value is -3.34. The molecule has 132 valence electrons. The van der Waals surface area contributed by atoms with Crippen molar-refractivity contribution in [3.63, 3.8) is 0 Å². The number of nitrogens with one attached hydrogen (secondary N) is 1. The number of carbonyl (C=O) groups excluding carboxylic acids is 1. The molecule has 3 aromatic rings. The van der Waals surface area contributed by atoms with E-state index in [0.29, 0.717) is 16.9 Å². The van der Waals surface area contributed by atoms with Crippen molar-refractivity contribution in [2.75, 3.05) is 7.11 Å². The molecule has 0 aromatic heterocycles. The maximum atomic E-state index is 12.7. The quantitative estimate of drug-likeness (QED) is 0.710. The van der Waals surface area contributed by atoms with Gasteiger partial charge in [0, 0.05) is 5.56 Å². The monoisotopic (exact) mass is 349 g/mol. The van der Waals surface area contributed by atoms with Gasteiger partial charge in [0.15, 0.2) is 0 Å². The number of rotatable bonds is 6. The normalized spacial score (nSPS) is 11.7. The van der Waals surface area contributed by atoms with E-state index in [1.165, 1.54) is 0 Å². The first-order valence-corrected chi connectivity index (χ1v) is 8.22. The van der Waals surface area contributed by atoms with Crippen LogP contribution in [0.5, 0.6) is 5.75 Å². The molecule has 26 heavy (non-hydrogen) atoms. The molecule has 0 aliphatic carbocycles. The number of hydrogen-bond donors (Lipinski definition) is 2. The van der Waals surface area contributed by atoms with Gasteiger partial charge in [-0.3, -0.25) is 9.59 Å².